The molecule has 0 aromatic heterocycles. The minimum atomic E-state index is -0.502. The van der Waals surface area contributed by atoms with Gasteiger partial charge in [0, 0.05) is 11.4 Å². The highest BCUT2D eigenvalue weighted by molar-refractivity contribution is 6.10. The Hall–Kier alpha value is -4.57. The summed E-state index contributed by atoms with van der Waals surface area (Å²) in [5.74, 6) is -0.0163. The molecule has 36 heavy (non-hydrogen) atoms. The van der Waals surface area contributed by atoms with E-state index in [1.807, 2.05) is 70.2 Å². The molecule has 0 fully saturated rings. The molecule has 184 valence electrons. The van der Waals surface area contributed by atoms with Gasteiger partial charge >= 0.3 is 0 Å². The van der Waals surface area contributed by atoms with Crippen molar-refractivity contribution in [2.24, 2.45) is 0 Å². The molecule has 3 aromatic rings. The van der Waals surface area contributed by atoms with Gasteiger partial charge in [-0.1, -0.05) is 36.4 Å². The smallest absolute Gasteiger partial charge is 0.266 e. The number of benzene rings is 3. The van der Waals surface area contributed by atoms with Crippen LogP contribution in [0.5, 0.6) is 11.5 Å². The van der Waals surface area contributed by atoms with Gasteiger partial charge in [-0.05, 0) is 80.3 Å². The number of aryl methyl sites for hydroxylation is 2. The number of anilines is 2. The summed E-state index contributed by atoms with van der Waals surface area (Å²) < 4.78 is 11.4. The fourth-order valence-electron chi connectivity index (χ4n) is 3.44. The Balaban J connectivity index is 1.74. The first-order valence-corrected chi connectivity index (χ1v) is 11.6. The van der Waals surface area contributed by atoms with Crippen LogP contribution in [0.1, 0.15) is 29.2 Å². The Bertz CT molecular complexity index is 1340. The molecule has 0 saturated carbocycles. The van der Waals surface area contributed by atoms with Crippen molar-refractivity contribution in [3.63, 3.8) is 0 Å². The molecule has 0 aliphatic carbocycles. The summed E-state index contributed by atoms with van der Waals surface area (Å²) in [6.45, 7) is 7.78. The van der Waals surface area contributed by atoms with E-state index in [2.05, 4.69) is 10.6 Å². The van der Waals surface area contributed by atoms with E-state index >= 15 is 0 Å². The highest BCUT2D eigenvalue weighted by atomic mass is 16.5. The summed E-state index contributed by atoms with van der Waals surface area (Å²) >= 11 is 0. The summed E-state index contributed by atoms with van der Waals surface area (Å²) in [7, 11) is 0. The van der Waals surface area contributed by atoms with Gasteiger partial charge in [0.25, 0.3) is 11.8 Å². The monoisotopic (exact) mass is 483 g/mol. The highest BCUT2D eigenvalue weighted by Gasteiger charge is 2.14. The van der Waals surface area contributed by atoms with E-state index in [0.29, 0.717) is 29.4 Å². The Labute approximate surface area is 211 Å². The topological polar surface area (TPSA) is 100 Å². The van der Waals surface area contributed by atoms with Crippen molar-refractivity contribution in [3.05, 3.63) is 88.5 Å². The summed E-state index contributed by atoms with van der Waals surface area (Å²) in [5.41, 5.74) is 4.84. The van der Waals surface area contributed by atoms with E-state index < -0.39 is 5.91 Å². The predicted molar refractivity (Wildman–Crippen MR) is 141 cm³/mol. The van der Waals surface area contributed by atoms with Gasteiger partial charge in [0.1, 0.15) is 11.6 Å². The van der Waals surface area contributed by atoms with E-state index in [1.54, 1.807) is 24.3 Å². The van der Waals surface area contributed by atoms with Crippen LogP contribution in [0, 0.1) is 32.1 Å². The van der Waals surface area contributed by atoms with Crippen LogP contribution in [0.3, 0.4) is 0 Å². The van der Waals surface area contributed by atoms with Crippen LogP contribution in [0.2, 0.25) is 0 Å². The normalized spacial score (nSPS) is 10.8. The summed E-state index contributed by atoms with van der Waals surface area (Å²) in [4.78, 5) is 25.1. The average molecular weight is 484 g/mol. The third-order valence-electron chi connectivity index (χ3n) is 5.57. The van der Waals surface area contributed by atoms with Gasteiger partial charge in [-0.2, -0.15) is 5.26 Å². The van der Waals surface area contributed by atoms with Crippen LogP contribution in [0.25, 0.3) is 6.08 Å². The fourth-order valence-corrected chi connectivity index (χ4v) is 3.44. The van der Waals surface area contributed by atoms with E-state index in [-0.39, 0.29) is 18.1 Å². The minimum absolute atomic E-state index is 0.0513. The number of carbonyl (C=O) groups excluding carboxylic acids is 2. The summed E-state index contributed by atoms with van der Waals surface area (Å²) in [5, 5.41) is 15.2. The number of nitrogens with zero attached hydrogens (tertiary/aromatic N) is 1. The molecule has 3 aromatic carbocycles. The second kappa shape index (κ2) is 12.2. The van der Waals surface area contributed by atoms with E-state index in [9.17, 15) is 14.9 Å². The Morgan fingerprint density at radius 2 is 1.61 bits per heavy atom. The molecule has 0 unspecified atom stereocenters. The Kier molecular flexibility index (Phi) is 8.84. The van der Waals surface area contributed by atoms with Gasteiger partial charge in [-0.15, -0.1) is 0 Å². The van der Waals surface area contributed by atoms with Crippen molar-refractivity contribution in [3.8, 4) is 17.6 Å². The van der Waals surface area contributed by atoms with Crippen LogP contribution >= 0.6 is 0 Å². The molecule has 0 spiro atoms. The number of para-hydroxylation sites is 1. The molecule has 0 heterocycles. The van der Waals surface area contributed by atoms with Gasteiger partial charge in [0.05, 0.1) is 6.61 Å². The van der Waals surface area contributed by atoms with E-state index in [4.69, 9.17) is 9.47 Å². The molecule has 0 bridgehead atoms. The molecule has 0 aliphatic heterocycles. The Morgan fingerprint density at radius 3 is 2.33 bits per heavy atom. The third-order valence-corrected chi connectivity index (χ3v) is 5.57. The number of hydrogen-bond donors (Lipinski definition) is 2. The fraction of sp³-hybridized carbons (Fsp3) is 0.207. The van der Waals surface area contributed by atoms with Crippen molar-refractivity contribution < 1.29 is 19.1 Å². The highest BCUT2D eigenvalue weighted by Crippen LogP contribution is 2.30. The molecule has 0 aliphatic rings. The zero-order valence-corrected chi connectivity index (χ0v) is 20.8. The lowest BCUT2D eigenvalue weighted by atomic mass is 10.1. The lowest BCUT2D eigenvalue weighted by Crippen LogP contribution is -2.20. The summed E-state index contributed by atoms with van der Waals surface area (Å²) in [6.07, 6.45) is 1.48. The molecule has 0 saturated heterocycles. The van der Waals surface area contributed by atoms with Crippen molar-refractivity contribution in [2.75, 3.05) is 23.8 Å². The first-order valence-electron chi connectivity index (χ1n) is 11.6. The van der Waals surface area contributed by atoms with E-state index in [1.165, 1.54) is 6.08 Å². The molecule has 2 amide bonds. The van der Waals surface area contributed by atoms with Gasteiger partial charge in [-0.3, -0.25) is 9.59 Å². The van der Waals surface area contributed by atoms with Crippen LogP contribution in [-0.4, -0.2) is 25.0 Å². The number of carbonyl (C=O) groups is 2. The third kappa shape index (κ3) is 6.73. The largest absolute Gasteiger partial charge is 0.490 e. The maximum Gasteiger partial charge on any atom is 0.266 e. The number of ether oxygens (including phenoxy) is 2. The van der Waals surface area contributed by atoms with Crippen molar-refractivity contribution in [2.45, 2.75) is 27.7 Å². The van der Waals surface area contributed by atoms with Crippen LogP contribution in [-0.2, 0) is 9.59 Å². The summed E-state index contributed by atoms with van der Waals surface area (Å²) in [6, 6.07) is 20.1. The zero-order valence-electron chi connectivity index (χ0n) is 20.8. The molecule has 0 radical (unpaired) electrons. The Morgan fingerprint density at radius 1 is 0.889 bits per heavy atom. The number of nitrogens with one attached hydrogen (secondary N) is 2. The average Bonchev–Trinajstić information content (AvgIpc) is 2.86. The van der Waals surface area contributed by atoms with Gasteiger partial charge < -0.3 is 20.1 Å². The van der Waals surface area contributed by atoms with Crippen molar-refractivity contribution in [1.82, 2.24) is 0 Å². The molecular weight excluding hydrogens is 454 g/mol. The molecule has 7 heteroatoms. The number of rotatable bonds is 9. The second-order valence-corrected chi connectivity index (χ2v) is 8.16. The molecule has 0 atom stereocenters. The predicted octanol–water partition coefficient (Wildman–Crippen LogP) is 5.57. The van der Waals surface area contributed by atoms with E-state index in [0.717, 1.165) is 22.4 Å². The molecule has 3 rings (SSSR count). The van der Waals surface area contributed by atoms with Crippen LogP contribution in [0.4, 0.5) is 11.4 Å². The number of amides is 2. The standard InChI is InChI=1S/C29H29N3O4/c1-5-35-27-16-22(15-23(17-30)29(34)32-25-12-8-10-19(2)21(25)4)13-14-26(27)36-18-28(33)31-24-11-7-6-9-20(24)3/h6-16H,5,18H2,1-4H3,(H,31,33)(H,32,34)/b23-15-. The van der Waals surface area contributed by atoms with Crippen molar-refractivity contribution in [1.29, 1.82) is 5.26 Å². The minimum Gasteiger partial charge on any atom is -0.490 e. The van der Waals surface area contributed by atoms with Gasteiger partial charge in [0.2, 0.25) is 0 Å². The maximum atomic E-state index is 12.7. The SMILES string of the molecule is CCOc1cc(/C=C(/C#N)C(=O)Nc2cccc(C)c2C)ccc1OCC(=O)Nc1ccccc1C. The quantitative estimate of drug-likeness (QED) is 0.306. The van der Waals surface area contributed by atoms with Crippen LogP contribution < -0.4 is 20.1 Å². The zero-order chi connectivity index (χ0) is 26.1. The first kappa shape index (κ1) is 26.0. The van der Waals surface area contributed by atoms with Crippen LogP contribution in [0.15, 0.2) is 66.2 Å². The second-order valence-electron chi connectivity index (χ2n) is 8.16. The number of nitriles is 1. The lowest BCUT2D eigenvalue weighted by Gasteiger charge is -2.13. The molecule has 2 N–H and O–H groups in total. The van der Waals surface area contributed by atoms with Gasteiger partial charge in [0.15, 0.2) is 18.1 Å². The lowest BCUT2D eigenvalue weighted by molar-refractivity contribution is -0.118. The molecule has 7 nitrogen and oxygen atoms in total. The number of hydrogen-bond acceptors (Lipinski definition) is 5. The van der Waals surface area contributed by atoms with Crippen molar-refractivity contribution >= 4 is 29.3 Å². The first-order chi connectivity index (χ1) is 17.3. The maximum absolute atomic E-state index is 12.7. The van der Waals surface area contributed by atoms with Gasteiger partial charge in [-0.25, -0.2) is 0 Å². The molecular formula is C29H29N3O4.